The Labute approximate surface area is 450 Å². The van der Waals surface area contributed by atoms with Crippen LogP contribution in [0.25, 0.3) is 0 Å². The summed E-state index contributed by atoms with van der Waals surface area (Å²) in [6.07, 6.45) is 68.5. The van der Waals surface area contributed by atoms with Gasteiger partial charge >= 0.3 is 5.97 Å². The van der Waals surface area contributed by atoms with Crippen LogP contribution in [0.5, 0.6) is 0 Å². The summed E-state index contributed by atoms with van der Waals surface area (Å²) in [6, 6.07) is 0. The van der Waals surface area contributed by atoms with Crippen LogP contribution in [0.4, 0.5) is 0 Å². The van der Waals surface area contributed by atoms with Gasteiger partial charge in [-0.05, 0) is 38.5 Å². The van der Waals surface area contributed by atoms with Crippen LogP contribution in [0, 0.1) is 0 Å². The summed E-state index contributed by atoms with van der Waals surface area (Å²) in [7, 11) is 1.38. The number of unbranched alkanes of at least 4 members (excludes halogenated alkanes) is 45. The lowest BCUT2D eigenvalue weighted by Gasteiger charge is -2.28. The van der Waals surface area contributed by atoms with Crippen LogP contribution in [0.15, 0.2) is 12.2 Å². The zero-order valence-electron chi connectivity index (χ0n) is 49.2. The monoisotopic (exact) mass is 1040 g/mol. The fourth-order valence-electron chi connectivity index (χ4n) is 9.66. The lowest BCUT2D eigenvalue weighted by molar-refractivity contribution is -0.870. The Balaban J connectivity index is 3.97. The number of phosphoric ester groups is 1. The van der Waals surface area contributed by atoms with Crippen molar-refractivity contribution in [3.8, 4) is 0 Å². The third-order valence-electron chi connectivity index (χ3n) is 14.6. The minimum Gasteiger partial charge on any atom is -0.756 e. The first kappa shape index (κ1) is 71.2. The number of ether oxygens (including phenoxy) is 2. The molecule has 0 spiro atoms. The minimum absolute atomic E-state index is 0.0305. The molecule has 0 heterocycles. The highest BCUT2D eigenvalue weighted by molar-refractivity contribution is 7.45. The summed E-state index contributed by atoms with van der Waals surface area (Å²) in [4.78, 5) is 25.3. The highest BCUT2D eigenvalue weighted by atomic mass is 31.2. The first-order valence-electron chi connectivity index (χ1n) is 31.9. The SMILES string of the molecule is CCCCCCCCCC/C=C\CCCCCCCCCCCCCCCC(=O)OC(COCCCCCCCCCCCCCCCCCCCCCCCCCCC)COP(=O)([O-])OCC[N+](C)(C)C. The van der Waals surface area contributed by atoms with Crippen LogP contribution < -0.4 is 4.89 Å². The van der Waals surface area contributed by atoms with Gasteiger partial charge in [0.2, 0.25) is 0 Å². The Kier molecular flexibility index (Phi) is 55.8. The Hall–Kier alpha value is -0.760. The van der Waals surface area contributed by atoms with E-state index in [1.54, 1.807) is 0 Å². The molecule has 0 aliphatic carbocycles. The zero-order chi connectivity index (χ0) is 52.6. The van der Waals surface area contributed by atoms with E-state index in [-0.39, 0.29) is 25.8 Å². The fourth-order valence-corrected chi connectivity index (χ4v) is 10.4. The summed E-state index contributed by atoms with van der Waals surface area (Å²) < 4.78 is 35.0. The maximum absolute atomic E-state index is 12.8. The molecule has 0 aliphatic rings. The molecule has 9 heteroatoms. The largest absolute Gasteiger partial charge is 0.756 e. The second-order valence-electron chi connectivity index (χ2n) is 23.1. The van der Waals surface area contributed by atoms with Gasteiger partial charge in [0, 0.05) is 13.0 Å². The number of allylic oxidation sites excluding steroid dienone is 2. The van der Waals surface area contributed by atoms with Crippen molar-refractivity contribution >= 4 is 13.8 Å². The van der Waals surface area contributed by atoms with E-state index in [1.807, 2.05) is 21.1 Å². The van der Waals surface area contributed by atoms with E-state index in [9.17, 15) is 14.3 Å². The average molecular weight is 1040 g/mol. The molecule has 430 valence electrons. The zero-order valence-corrected chi connectivity index (χ0v) is 50.1. The van der Waals surface area contributed by atoms with Crippen molar-refractivity contribution < 1.29 is 37.3 Å². The summed E-state index contributed by atoms with van der Waals surface area (Å²) in [5, 5.41) is 0. The second kappa shape index (κ2) is 56.4. The maximum atomic E-state index is 12.8. The van der Waals surface area contributed by atoms with Crippen LogP contribution in [-0.4, -0.2) is 70.7 Å². The maximum Gasteiger partial charge on any atom is 0.306 e. The molecule has 2 atom stereocenters. The molecule has 0 rings (SSSR count). The van der Waals surface area contributed by atoms with E-state index in [0.29, 0.717) is 24.1 Å². The van der Waals surface area contributed by atoms with Gasteiger partial charge in [0.25, 0.3) is 7.82 Å². The van der Waals surface area contributed by atoms with Gasteiger partial charge in [-0.15, -0.1) is 0 Å². The minimum atomic E-state index is -4.53. The van der Waals surface area contributed by atoms with E-state index in [4.69, 9.17) is 18.5 Å². The molecule has 0 aliphatic heterocycles. The second-order valence-corrected chi connectivity index (χ2v) is 24.5. The Bertz CT molecular complexity index is 1160. The number of nitrogens with zero attached hydrogens (tertiary/aromatic N) is 1. The van der Waals surface area contributed by atoms with Crippen molar-refractivity contribution in [1.29, 1.82) is 0 Å². The lowest BCUT2D eigenvalue weighted by Crippen LogP contribution is -2.37. The first-order valence-corrected chi connectivity index (χ1v) is 33.4. The molecule has 0 aromatic heterocycles. The molecule has 8 nitrogen and oxygen atoms in total. The molecule has 0 bridgehead atoms. The molecule has 0 amide bonds. The molecule has 0 saturated carbocycles. The van der Waals surface area contributed by atoms with Gasteiger partial charge in [-0.25, -0.2) is 0 Å². The third-order valence-corrected chi connectivity index (χ3v) is 15.5. The predicted molar refractivity (Wildman–Crippen MR) is 310 cm³/mol. The lowest BCUT2D eigenvalue weighted by atomic mass is 10.0. The van der Waals surface area contributed by atoms with Gasteiger partial charge in [-0.2, -0.15) is 0 Å². The molecular weight excluding hydrogens is 914 g/mol. The molecule has 0 fully saturated rings. The first-order chi connectivity index (χ1) is 35.1. The number of carbonyl (C=O) groups is 1. The van der Waals surface area contributed by atoms with Crippen LogP contribution in [-0.2, 0) is 27.9 Å². The van der Waals surface area contributed by atoms with E-state index in [0.717, 1.165) is 32.1 Å². The topological polar surface area (TPSA) is 94.1 Å². The van der Waals surface area contributed by atoms with E-state index in [1.165, 1.54) is 276 Å². The van der Waals surface area contributed by atoms with Crippen LogP contribution in [0.2, 0.25) is 0 Å². The van der Waals surface area contributed by atoms with Gasteiger partial charge in [-0.1, -0.05) is 296 Å². The number of phosphoric acid groups is 1. The molecule has 0 saturated heterocycles. The van der Waals surface area contributed by atoms with E-state index < -0.39 is 13.9 Å². The van der Waals surface area contributed by atoms with Crippen molar-refractivity contribution in [2.45, 2.75) is 335 Å². The molecule has 0 aromatic carbocycles. The van der Waals surface area contributed by atoms with E-state index in [2.05, 4.69) is 26.0 Å². The van der Waals surface area contributed by atoms with Gasteiger partial charge in [-0.3, -0.25) is 9.36 Å². The van der Waals surface area contributed by atoms with Gasteiger partial charge < -0.3 is 27.9 Å². The van der Waals surface area contributed by atoms with Crippen molar-refractivity contribution in [2.24, 2.45) is 0 Å². The summed E-state index contributed by atoms with van der Waals surface area (Å²) >= 11 is 0. The highest BCUT2D eigenvalue weighted by Crippen LogP contribution is 2.38. The number of carbonyl (C=O) groups excluding carboxylic acids is 1. The van der Waals surface area contributed by atoms with Gasteiger partial charge in [0.15, 0.2) is 0 Å². The highest BCUT2D eigenvalue weighted by Gasteiger charge is 2.20. The Morgan fingerprint density at radius 3 is 1.06 bits per heavy atom. The van der Waals surface area contributed by atoms with E-state index >= 15 is 0 Å². The van der Waals surface area contributed by atoms with Crippen molar-refractivity contribution in [1.82, 2.24) is 0 Å². The van der Waals surface area contributed by atoms with Crippen molar-refractivity contribution in [2.75, 3.05) is 54.1 Å². The molecular formula is C63H126NO7P. The van der Waals surface area contributed by atoms with Crippen molar-refractivity contribution in [3.63, 3.8) is 0 Å². The summed E-state index contributed by atoms with van der Waals surface area (Å²) in [6.45, 7) is 5.51. The molecule has 0 aromatic rings. The smallest absolute Gasteiger partial charge is 0.306 e. The number of rotatable bonds is 61. The summed E-state index contributed by atoms with van der Waals surface area (Å²) in [5.41, 5.74) is 0. The number of likely N-dealkylation sites (N-methyl/N-ethyl adjacent to an activating group) is 1. The number of esters is 1. The van der Waals surface area contributed by atoms with Gasteiger partial charge in [0.1, 0.15) is 19.3 Å². The summed E-state index contributed by atoms with van der Waals surface area (Å²) in [5.74, 6) is -0.325. The predicted octanol–water partition coefficient (Wildman–Crippen LogP) is 19.8. The Morgan fingerprint density at radius 2 is 0.722 bits per heavy atom. The van der Waals surface area contributed by atoms with Crippen LogP contribution >= 0.6 is 7.82 Å². The van der Waals surface area contributed by atoms with Crippen molar-refractivity contribution in [3.05, 3.63) is 12.2 Å². The third kappa shape index (κ3) is 60.1. The standard InChI is InChI=1S/C63H126NO7P/c1-6-8-10-12-14-16-18-20-22-24-26-28-30-32-34-36-38-40-42-44-46-48-50-52-54-56-63(65)71-62(61-70-72(66,67)69-59-57-64(3,4)5)60-68-58-55-53-51-49-47-45-43-41-39-37-35-33-31-29-27-25-23-21-19-17-15-13-11-9-7-2/h24,26,62H,6-23,25,27-61H2,1-5H3/b26-24-. The normalized spacial score (nSPS) is 13.4. The van der Waals surface area contributed by atoms with Crippen LogP contribution in [0.3, 0.4) is 0 Å². The molecule has 0 radical (unpaired) electrons. The quantitative estimate of drug-likeness (QED) is 0.0197. The molecule has 72 heavy (non-hydrogen) atoms. The fraction of sp³-hybridized carbons (Fsp3) is 0.952. The Morgan fingerprint density at radius 1 is 0.417 bits per heavy atom. The number of hydrogen-bond acceptors (Lipinski definition) is 7. The van der Waals surface area contributed by atoms with Crippen LogP contribution in [0.1, 0.15) is 328 Å². The average Bonchev–Trinajstić information content (AvgIpc) is 3.34. The molecule has 0 N–H and O–H groups in total. The number of quaternary nitrogens is 1. The number of hydrogen-bond donors (Lipinski definition) is 0. The van der Waals surface area contributed by atoms with Gasteiger partial charge in [0.05, 0.1) is 34.4 Å². The molecule has 2 unspecified atom stereocenters.